The molecule has 0 amide bonds. The maximum atomic E-state index is 3.53. The minimum Gasteiger partial charge on any atom is -0.310 e. The molecule has 0 unspecified atom stereocenters. The molecule has 0 saturated heterocycles. The van der Waals surface area contributed by atoms with E-state index in [1.807, 2.05) is 0 Å². The Bertz CT molecular complexity index is 338. The van der Waals surface area contributed by atoms with Crippen LogP contribution in [-0.2, 0) is 6.54 Å². The number of hydrogen-bond acceptors (Lipinski definition) is 1. The number of nitrogens with one attached hydrogen (secondary N) is 1. The van der Waals surface area contributed by atoms with Crippen LogP contribution in [0.3, 0.4) is 0 Å². The molecule has 0 heterocycles. The lowest BCUT2D eigenvalue weighted by molar-refractivity contribution is 0.652. The van der Waals surface area contributed by atoms with E-state index in [4.69, 9.17) is 0 Å². The molecule has 1 aromatic rings. The van der Waals surface area contributed by atoms with E-state index in [0.717, 1.165) is 27.4 Å². The molecule has 76 valence electrons. The highest BCUT2D eigenvalue weighted by atomic mass is 79.9. The fourth-order valence-corrected chi connectivity index (χ4v) is 2.18. The minimum atomic E-state index is 0.748. The van der Waals surface area contributed by atoms with Gasteiger partial charge in [0.05, 0.1) is 0 Å². The second-order valence-corrected chi connectivity index (χ2v) is 5.66. The van der Waals surface area contributed by atoms with Gasteiger partial charge in [-0.15, -0.1) is 0 Å². The fraction of sp³-hybridized carbons (Fsp3) is 0.455. The highest BCUT2D eigenvalue weighted by molar-refractivity contribution is 9.13. The average molecular weight is 319 g/mol. The molecule has 1 N–H and O–H groups in total. The standard InChI is InChI=1S/C11H13Br2N/c1-7-4-11(7)14-6-8-2-3-9(12)10(13)5-8/h2-3,5,7,11,14H,4,6H2,1H3/t7-,11-/m1/s1. The summed E-state index contributed by atoms with van der Waals surface area (Å²) < 4.78 is 2.24. The summed E-state index contributed by atoms with van der Waals surface area (Å²) in [5.74, 6) is 0.869. The molecular formula is C11H13Br2N. The lowest BCUT2D eigenvalue weighted by Crippen LogP contribution is -2.16. The fourth-order valence-electron chi connectivity index (χ4n) is 1.51. The van der Waals surface area contributed by atoms with Crippen LogP contribution >= 0.6 is 31.9 Å². The van der Waals surface area contributed by atoms with Crippen LogP contribution in [-0.4, -0.2) is 6.04 Å². The number of hydrogen-bond donors (Lipinski definition) is 1. The van der Waals surface area contributed by atoms with Gasteiger partial charge in [0, 0.05) is 21.5 Å². The van der Waals surface area contributed by atoms with Crippen molar-refractivity contribution in [3.05, 3.63) is 32.7 Å². The Hall–Kier alpha value is 0.140. The first kappa shape index (κ1) is 10.7. The Morgan fingerprint density at radius 1 is 1.36 bits per heavy atom. The van der Waals surface area contributed by atoms with Crippen LogP contribution in [0.25, 0.3) is 0 Å². The van der Waals surface area contributed by atoms with Gasteiger partial charge in [-0.25, -0.2) is 0 Å². The van der Waals surface area contributed by atoms with E-state index in [1.54, 1.807) is 0 Å². The Balaban J connectivity index is 1.92. The molecule has 0 aromatic heterocycles. The second-order valence-electron chi connectivity index (χ2n) is 3.95. The molecular weight excluding hydrogens is 306 g/mol. The lowest BCUT2D eigenvalue weighted by Gasteiger charge is -2.05. The molecule has 1 aliphatic rings. The van der Waals surface area contributed by atoms with Gasteiger partial charge in [0.1, 0.15) is 0 Å². The summed E-state index contributed by atoms with van der Waals surface area (Å²) >= 11 is 6.97. The molecule has 2 atom stereocenters. The topological polar surface area (TPSA) is 12.0 Å². The zero-order valence-electron chi connectivity index (χ0n) is 8.06. The van der Waals surface area contributed by atoms with E-state index in [2.05, 4.69) is 62.3 Å². The third kappa shape index (κ3) is 2.59. The van der Waals surface area contributed by atoms with Crippen molar-refractivity contribution in [2.45, 2.75) is 25.9 Å². The first-order valence-electron chi connectivity index (χ1n) is 4.84. The van der Waals surface area contributed by atoms with Gasteiger partial charge in [0.15, 0.2) is 0 Å². The molecule has 0 bridgehead atoms. The van der Waals surface area contributed by atoms with E-state index < -0.39 is 0 Å². The van der Waals surface area contributed by atoms with Gasteiger partial charge >= 0.3 is 0 Å². The molecule has 14 heavy (non-hydrogen) atoms. The summed E-state index contributed by atoms with van der Waals surface area (Å²) in [5.41, 5.74) is 1.33. The SMILES string of the molecule is C[C@@H]1C[C@H]1NCc1ccc(Br)c(Br)c1. The van der Waals surface area contributed by atoms with Crippen LogP contribution in [0, 0.1) is 5.92 Å². The first-order valence-corrected chi connectivity index (χ1v) is 6.42. The van der Waals surface area contributed by atoms with Crippen molar-refractivity contribution in [3.63, 3.8) is 0 Å². The second kappa shape index (κ2) is 4.33. The molecule has 1 fully saturated rings. The van der Waals surface area contributed by atoms with Crippen molar-refractivity contribution in [2.75, 3.05) is 0 Å². The van der Waals surface area contributed by atoms with Crippen LogP contribution in [0.2, 0.25) is 0 Å². The largest absolute Gasteiger partial charge is 0.310 e. The van der Waals surface area contributed by atoms with Crippen molar-refractivity contribution < 1.29 is 0 Å². The van der Waals surface area contributed by atoms with Crippen LogP contribution < -0.4 is 5.32 Å². The number of halogens is 2. The summed E-state index contributed by atoms with van der Waals surface area (Å²) in [6, 6.07) is 7.13. The first-order chi connectivity index (χ1) is 6.66. The Kier molecular flexibility index (Phi) is 3.30. The molecule has 2 rings (SSSR count). The maximum Gasteiger partial charge on any atom is 0.0320 e. The highest BCUT2D eigenvalue weighted by Gasteiger charge is 2.31. The Morgan fingerprint density at radius 2 is 2.07 bits per heavy atom. The predicted octanol–water partition coefficient (Wildman–Crippen LogP) is 3.71. The number of benzene rings is 1. The van der Waals surface area contributed by atoms with E-state index >= 15 is 0 Å². The van der Waals surface area contributed by atoms with Gasteiger partial charge in [-0.1, -0.05) is 13.0 Å². The zero-order valence-corrected chi connectivity index (χ0v) is 11.2. The van der Waals surface area contributed by atoms with Crippen LogP contribution in [0.1, 0.15) is 18.9 Å². The molecule has 0 radical (unpaired) electrons. The van der Waals surface area contributed by atoms with Crippen LogP contribution in [0.15, 0.2) is 27.1 Å². The molecule has 0 spiro atoms. The third-order valence-corrected chi connectivity index (χ3v) is 4.54. The molecule has 0 aliphatic heterocycles. The van der Waals surface area contributed by atoms with Crippen LogP contribution in [0.4, 0.5) is 0 Å². The Labute approximate surface area is 102 Å². The van der Waals surface area contributed by atoms with Gasteiger partial charge < -0.3 is 5.32 Å². The summed E-state index contributed by atoms with van der Waals surface area (Å²) in [4.78, 5) is 0. The van der Waals surface area contributed by atoms with Crippen molar-refractivity contribution in [1.29, 1.82) is 0 Å². The Morgan fingerprint density at radius 3 is 2.64 bits per heavy atom. The zero-order chi connectivity index (χ0) is 10.1. The lowest BCUT2D eigenvalue weighted by atomic mass is 10.2. The van der Waals surface area contributed by atoms with Gasteiger partial charge in [0.25, 0.3) is 0 Å². The van der Waals surface area contributed by atoms with E-state index in [-0.39, 0.29) is 0 Å². The monoisotopic (exact) mass is 317 g/mol. The van der Waals surface area contributed by atoms with Crippen LogP contribution in [0.5, 0.6) is 0 Å². The average Bonchev–Trinajstić information content (AvgIpc) is 2.85. The quantitative estimate of drug-likeness (QED) is 0.896. The summed E-state index contributed by atoms with van der Waals surface area (Å²) in [6.07, 6.45) is 1.33. The molecule has 1 aliphatic carbocycles. The normalized spacial score (nSPS) is 25.1. The smallest absolute Gasteiger partial charge is 0.0320 e. The molecule has 1 saturated carbocycles. The molecule has 1 aromatic carbocycles. The van der Waals surface area contributed by atoms with Crippen molar-refractivity contribution in [3.8, 4) is 0 Å². The van der Waals surface area contributed by atoms with Gasteiger partial charge in [-0.3, -0.25) is 0 Å². The number of rotatable bonds is 3. The van der Waals surface area contributed by atoms with Crippen molar-refractivity contribution in [2.24, 2.45) is 5.92 Å². The summed E-state index contributed by atoms with van der Waals surface area (Å²) in [6.45, 7) is 3.26. The van der Waals surface area contributed by atoms with E-state index in [9.17, 15) is 0 Å². The predicted molar refractivity (Wildman–Crippen MR) is 66.3 cm³/mol. The maximum absolute atomic E-state index is 3.53. The minimum absolute atomic E-state index is 0.748. The molecule has 3 heteroatoms. The van der Waals surface area contributed by atoms with Gasteiger partial charge in [-0.2, -0.15) is 0 Å². The van der Waals surface area contributed by atoms with Crippen molar-refractivity contribution in [1.82, 2.24) is 5.32 Å². The van der Waals surface area contributed by atoms with E-state index in [1.165, 1.54) is 12.0 Å². The van der Waals surface area contributed by atoms with Crippen molar-refractivity contribution >= 4 is 31.9 Å². The molecule has 1 nitrogen and oxygen atoms in total. The van der Waals surface area contributed by atoms with Gasteiger partial charge in [0.2, 0.25) is 0 Å². The summed E-state index contributed by atoms with van der Waals surface area (Å²) in [7, 11) is 0. The third-order valence-electron chi connectivity index (χ3n) is 2.66. The highest BCUT2D eigenvalue weighted by Crippen LogP contribution is 2.29. The van der Waals surface area contributed by atoms with Gasteiger partial charge in [-0.05, 0) is 61.9 Å². The summed E-state index contributed by atoms with van der Waals surface area (Å²) in [5, 5.41) is 3.53. The van der Waals surface area contributed by atoms with E-state index in [0.29, 0.717) is 0 Å².